The van der Waals surface area contributed by atoms with Gasteiger partial charge >= 0.3 is 11.7 Å². The number of nitrogens with zero attached hydrogens (tertiary/aromatic N) is 3. The van der Waals surface area contributed by atoms with Gasteiger partial charge in [-0.15, -0.1) is 0 Å². The van der Waals surface area contributed by atoms with Crippen LogP contribution >= 0.6 is 0 Å². The maximum absolute atomic E-state index is 12.9. The average molecular weight is 371 g/mol. The van der Waals surface area contributed by atoms with E-state index in [4.69, 9.17) is 16.2 Å². The van der Waals surface area contributed by atoms with Gasteiger partial charge in [0, 0.05) is 18.0 Å². The van der Waals surface area contributed by atoms with Gasteiger partial charge in [0.05, 0.1) is 5.69 Å². The van der Waals surface area contributed by atoms with Gasteiger partial charge in [-0.1, -0.05) is 0 Å². The molecule has 1 heterocycles. The van der Waals surface area contributed by atoms with Crippen LogP contribution in [0.25, 0.3) is 5.69 Å². The van der Waals surface area contributed by atoms with Crippen molar-refractivity contribution < 1.29 is 9.90 Å². The van der Waals surface area contributed by atoms with Crippen LogP contribution < -0.4 is 11.4 Å². The van der Waals surface area contributed by atoms with E-state index in [0.717, 1.165) is 25.7 Å². The van der Waals surface area contributed by atoms with Crippen LogP contribution in [0.1, 0.15) is 56.0 Å². The van der Waals surface area contributed by atoms with Crippen LogP contribution in [-0.4, -0.2) is 31.3 Å². The van der Waals surface area contributed by atoms with Gasteiger partial charge in [0.1, 0.15) is 11.7 Å². The Balaban J connectivity index is 1.76. The van der Waals surface area contributed by atoms with Crippen molar-refractivity contribution in [2.75, 3.05) is 0 Å². The molecular weight excluding hydrogens is 346 g/mol. The van der Waals surface area contributed by atoms with E-state index in [1.54, 1.807) is 28.8 Å². The average Bonchev–Trinajstić information content (AvgIpc) is 2.95. The minimum absolute atomic E-state index is 0.0183. The lowest BCUT2D eigenvalue weighted by molar-refractivity contribution is -0.137. The third-order valence-corrected chi connectivity index (χ3v) is 5.35. The van der Waals surface area contributed by atoms with Crippen molar-refractivity contribution in [1.82, 2.24) is 14.3 Å². The Morgan fingerprint density at radius 1 is 1.26 bits per heavy atom. The zero-order valence-electron chi connectivity index (χ0n) is 15.4. The number of aliphatic carboxylic acids is 1. The molecule has 1 aromatic heterocycles. The summed E-state index contributed by atoms with van der Waals surface area (Å²) in [5.41, 5.74) is 6.54. The molecule has 27 heavy (non-hydrogen) atoms. The molecule has 4 N–H and O–H groups in total. The molecule has 2 aromatic rings. The number of nitrogens with one attached hydrogen (secondary N) is 1. The predicted molar refractivity (Wildman–Crippen MR) is 101 cm³/mol. The fraction of sp³-hybridized carbons (Fsp3) is 0.474. The van der Waals surface area contributed by atoms with E-state index in [0.29, 0.717) is 29.4 Å². The Hall–Kier alpha value is -2.90. The van der Waals surface area contributed by atoms with Gasteiger partial charge in [0.2, 0.25) is 0 Å². The van der Waals surface area contributed by atoms with Crippen LogP contribution in [0.5, 0.6) is 0 Å². The summed E-state index contributed by atoms with van der Waals surface area (Å²) in [7, 11) is 0. The van der Waals surface area contributed by atoms with E-state index in [-0.39, 0.29) is 24.0 Å². The molecule has 1 saturated carbocycles. The number of aryl methyl sites for hydroxylation is 1. The molecule has 8 heteroatoms. The molecular formula is C19H25N5O3. The standard InChI is InChI=1S/C19H25N5O3/c1-12-22-24(16-9-5-14(6-10-16)18(20)21)19(27)23(12)15-7-2-13(3-8-15)4-11-17(25)26/h5-6,9-10,13,15H,2-4,7-8,11H2,1H3,(H3,20,21)(H,25,26). The second-order valence-corrected chi connectivity index (χ2v) is 7.18. The lowest BCUT2D eigenvalue weighted by Crippen LogP contribution is -2.30. The minimum atomic E-state index is -0.749. The summed E-state index contributed by atoms with van der Waals surface area (Å²) in [6, 6.07) is 6.97. The molecule has 0 saturated heterocycles. The zero-order chi connectivity index (χ0) is 19.6. The predicted octanol–water partition coefficient (Wildman–Crippen LogP) is 2.22. The van der Waals surface area contributed by atoms with Crippen LogP contribution in [-0.2, 0) is 4.79 Å². The van der Waals surface area contributed by atoms with E-state index in [1.807, 2.05) is 6.92 Å². The normalized spacial score (nSPS) is 19.7. The Labute approximate surface area is 157 Å². The maximum Gasteiger partial charge on any atom is 0.350 e. The highest BCUT2D eigenvalue weighted by Crippen LogP contribution is 2.34. The Kier molecular flexibility index (Phi) is 5.43. The molecule has 0 amide bonds. The Morgan fingerprint density at radius 2 is 1.89 bits per heavy atom. The largest absolute Gasteiger partial charge is 0.481 e. The van der Waals surface area contributed by atoms with Gasteiger partial charge in [-0.2, -0.15) is 9.78 Å². The van der Waals surface area contributed by atoms with Crippen molar-refractivity contribution in [3.8, 4) is 5.69 Å². The number of nitrogen functional groups attached to an aromatic ring is 1. The van der Waals surface area contributed by atoms with Crippen molar-refractivity contribution in [1.29, 1.82) is 5.41 Å². The minimum Gasteiger partial charge on any atom is -0.481 e. The second-order valence-electron chi connectivity index (χ2n) is 7.18. The van der Waals surface area contributed by atoms with E-state index in [9.17, 15) is 9.59 Å². The molecule has 1 fully saturated rings. The fourth-order valence-electron chi connectivity index (χ4n) is 3.87. The van der Waals surface area contributed by atoms with Crippen molar-refractivity contribution in [2.24, 2.45) is 11.7 Å². The first-order valence-electron chi connectivity index (χ1n) is 9.21. The first-order chi connectivity index (χ1) is 12.9. The number of nitrogens with two attached hydrogens (primary N) is 1. The second kappa shape index (κ2) is 7.77. The molecule has 0 atom stereocenters. The fourth-order valence-corrected chi connectivity index (χ4v) is 3.87. The number of hydrogen-bond donors (Lipinski definition) is 3. The summed E-state index contributed by atoms with van der Waals surface area (Å²) in [6.07, 6.45) is 4.50. The van der Waals surface area contributed by atoms with Crippen LogP contribution in [0.3, 0.4) is 0 Å². The van der Waals surface area contributed by atoms with Crippen molar-refractivity contribution in [2.45, 2.75) is 51.5 Å². The molecule has 8 nitrogen and oxygen atoms in total. The molecule has 1 aliphatic carbocycles. The number of carbonyl (C=O) groups is 1. The SMILES string of the molecule is Cc1nn(-c2ccc(C(=N)N)cc2)c(=O)n1C1CCC(CCC(=O)O)CC1. The van der Waals surface area contributed by atoms with Gasteiger partial charge in [-0.05, 0) is 69.2 Å². The van der Waals surface area contributed by atoms with Gasteiger partial charge in [-0.25, -0.2) is 4.79 Å². The molecule has 144 valence electrons. The lowest BCUT2D eigenvalue weighted by atomic mass is 9.83. The quantitative estimate of drug-likeness (QED) is 0.530. The van der Waals surface area contributed by atoms with E-state index in [1.165, 1.54) is 4.68 Å². The van der Waals surface area contributed by atoms with Gasteiger partial charge in [0.15, 0.2) is 0 Å². The van der Waals surface area contributed by atoms with E-state index < -0.39 is 5.97 Å². The van der Waals surface area contributed by atoms with Crippen LogP contribution in [0.2, 0.25) is 0 Å². The first-order valence-corrected chi connectivity index (χ1v) is 9.21. The van der Waals surface area contributed by atoms with Crippen molar-refractivity contribution in [3.63, 3.8) is 0 Å². The zero-order valence-corrected chi connectivity index (χ0v) is 15.4. The highest BCUT2D eigenvalue weighted by atomic mass is 16.4. The Morgan fingerprint density at radius 3 is 2.44 bits per heavy atom. The molecule has 0 aliphatic heterocycles. The monoisotopic (exact) mass is 371 g/mol. The number of carboxylic acid groups (broad SMARTS) is 1. The maximum atomic E-state index is 12.9. The van der Waals surface area contributed by atoms with Gasteiger partial charge in [0.25, 0.3) is 0 Å². The molecule has 0 bridgehead atoms. The van der Waals surface area contributed by atoms with Gasteiger partial charge < -0.3 is 10.8 Å². The number of carboxylic acids is 1. The number of hydrogen-bond acceptors (Lipinski definition) is 4. The topological polar surface area (TPSA) is 127 Å². The summed E-state index contributed by atoms with van der Waals surface area (Å²) in [5.74, 6) is 0.323. The number of amidine groups is 1. The van der Waals surface area contributed by atoms with Gasteiger partial charge in [-0.3, -0.25) is 14.8 Å². The smallest absolute Gasteiger partial charge is 0.350 e. The molecule has 1 aliphatic rings. The molecule has 0 radical (unpaired) electrons. The third kappa shape index (κ3) is 4.10. The summed E-state index contributed by atoms with van der Waals surface area (Å²) in [6.45, 7) is 1.83. The molecule has 3 rings (SSSR count). The molecule has 0 unspecified atom stereocenters. The number of benzene rings is 1. The van der Waals surface area contributed by atoms with Crippen molar-refractivity contribution in [3.05, 3.63) is 46.1 Å². The molecule has 0 spiro atoms. The summed E-state index contributed by atoms with van der Waals surface area (Å²) < 4.78 is 3.14. The van der Waals surface area contributed by atoms with E-state index >= 15 is 0 Å². The van der Waals surface area contributed by atoms with Crippen LogP contribution in [0.4, 0.5) is 0 Å². The summed E-state index contributed by atoms with van der Waals surface area (Å²) in [5, 5.41) is 20.7. The first kappa shape index (κ1) is 18.9. The third-order valence-electron chi connectivity index (χ3n) is 5.35. The summed E-state index contributed by atoms with van der Waals surface area (Å²) in [4.78, 5) is 23.7. The summed E-state index contributed by atoms with van der Waals surface area (Å²) >= 11 is 0. The Bertz CT molecular complexity index is 889. The number of aromatic nitrogens is 3. The van der Waals surface area contributed by atoms with Crippen molar-refractivity contribution >= 4 is 11.8 Å². The number of rotatable bonds is 6. The van der Waals surface area contributed by atoms with E-state index in [2.05, 4.69) is 5.10 Å². The van der Waals surface area contributed by atoms with Crippen LogP contribution in [0, 0.1) is 18.3 Å². The molecule has 1 aromatic carbocycles. The van der Waals surface area contributed by atoms with Crippen LogP contribution in [0.15, 0.2) is 29.1 Å². The lowest BCUT2D eigenvalue weighted by Gasteiger charge is -2.28. The highest BCUT2D eigenvalue weighted by Gasteiger charge is 2.26. The highest BCUT2D eigenvalue weighted by molar-refractivity contribution is 5.95.